The summed E-state index contributed by atoms with van der Waals surface area (Å²) in [7, 11) is 0. The zero-order valence-corrected chi connectivity index (χ0v) is 15.1. The lowest BCUT2D eigenvalue weighted by molar-refractivity contribution is -0.146. The molecule has 0 amide bonds. The molecule has 0 aromatic heterocycles. The fraction of sp³-hybridized carbons (Fsp3) is 0.700. The van der Waals surface area contributed by atoms with Crippen molar-refractivity contribution in [3.8, 4) is 11.8 Å². The van der Waals surface area contributed by atoms with Gasteiger partial charge in [0.2, 0.25) is 0 Å². The average Bonchev–Trinajstić information content (AvgIpc) is 2.83. The van der Waals surface area contributed by atoms with Gasteiger partial charge >= 0.3 is 0 Å². The molecule has 0 radical (unpaired) electrons. The molecule has 23 heavy (non-hydrogen) atoms. The Morgan fingerprint density at radius 1 is 1.13 bits per heavy atom. The Morgan fingerprint density at radius 2 is 1.74 bits per heavy atom. The van der Waals surface area contributed by atoms with Crippen LogP contribution in [0.2, 0.25) is 0 Å². The molecule has 1 fully saturated rings. The van der Waals surface area contributed by atoms with E-state index in [4.69, 9.17) is 9.47 Å². The highest BCUT2D eigenvalue weighted by Gasteiger charge is 2.40. The molecule has 0 spiro atoms. The van der Waals surface area contributed by atoms with Gasteiger partial charge in [0.05, 0.1) is 12.2 Å². The van der Waals surface area contributed by atoms with Crippen molar-refractivity contribution < 1.29 is 14.6 Å². The summed E-state index contributed by atoms with van der Waals surface area (Å²) >= 11 is 0. The van der Waals surface area contributed by atoms with E-state index in [2.05, 4.69) is 38.5 Å². The van der Waals surface area contributed by atoms with Gasteiger partial charge in [0.1, 0.15) is 6.10 Å². The van der Waals surface area contributed by atoms with Crippen LogP contribution in [0.4, 0.5) is 0 Å². The number of unbranched alkanes of at least 4 members (excludes halogenated alkanes) is 4. The predicted octanol–water partition coefficient (Wildman–Crippen LogP) is 4.61. The molecule has 1 rings (SSSR count). The third-order valence-electron chi connectivity index (χ3n) is 3.65. The molecule has 132 valence electrons. The van der Waals surface area contributed by atoms with E-state index < -0.39 is 11.9 Å². The minimum Gasteiger partial charge on any atom is -0.377 e. The van der Waals surface area contributed by atoms with E-state index >= 15 is 0 Å². The van der Waals surface area contributed by atoms with Crippen LogP contribution in [0.1, 0.15) is 65.7 Å². The summed E-state index contributed by atoms with van der Waals surface area (Å²) in [5.74, 6) is 5.19. The summed E-state index contributed by atoms with van der Waals surface area (Å²) in [5.41, 5.74) is 0. The van der Waals surface area contributed by atoms with Crippen LogP contribution in [0.25, 0.3) is 0 Å². The molecule has 0 aromatic carbocycles. The second-order valence-corrected chi connectivity index (χ2v) is 6.12. The summed E-state index contributed by atoms with van der Waals surface area (Å²) in [4.78, 5) is 0. The van der Waals surface area contributed by atoms with Crippen LogP contribution in [-0.2, 0) is 9.47 Å². The molecule has 1 aliphatic rings. The molecule has 0 bridgehead atoms. The molecule has 3 heteroatoms. The zero-order chi connectivity index (χ0) is 17.7. The van der Waals surface area contributed by atoms with Crippen molar-refractivity contribution >= 4 is 0 Å². The van der Waals surface area contributed by atoms with E-state index in [1.54, 1.807) is 0 Å². The van der Waals surface area contributed by atoms with Gasteiger partial charge in [0.25, 0.3) is 0 Å². The molecule has 3 nitrogen and oxygen atoms in total. The van der Waals surface area contributed by atoms with Gasteiger partial charge in [-0.1, -0.05) is 63.5 Å². The number of rotatable bonds is 8. The number of hydrogen-bond donors (Lipinski definition) is 1. The first-order valence-corrected chi connectivity index (χ1v) is 8.63. The number of aliphatic hydroxyl groups is 1. The Balaban J connectivity index is 0.00000232. The third-order valence-corrected chi connectivity index (χ3v) is 3.65. The number of aliphatic hydroxyl groups excluding tert-OH is 1. The predicted molar refractivity (Wildman–Crippen MR) is 97.1 cm³/mol. The highest BCUT2D eigenvalue weighted by Crippen LogP contribution is 2.32. The van der Waals surface area contributed by atoms with Crippen LogP contribution in [-0.4, -0.2) is 29.2 Å². The number of hydrogen-bond acceptors (Lipinski definition) is 3. The fourth-order valence-corrected chi connectivity index (χ4v) is 2.60. The van der Waals surface area contributed by atoms with Gasteiger partial charge in [0, 0.05) is 6.42 Å². The fourth-order valence-electron chi connectivity index (χ4n) is 2.60. The molecular weight excluding hydrogens is 288 g/mol. The number of ether oxygens (including phenoxy) is 2. The molecule has 2 unspecified atom stereocenters. The van der Waals surface area contributed by atoms with Crippen molar-refractivity contribution in [1.82, 2.24) is 0 Å². The van der Waals surface area contributed by atoms with E-state index in [0.29, 0.717) is 6.42 Å². The second-order valence-electron chi connectivity index (χ2n) is 6.12. The summed E-state index contributed by atoms with van der Waals surface area (Å²) in [6.07, 6.45) is 8.67. The molecule has 1 saturated heterocycles. The lowest BCUT2D eigenvalue weighted by Crippen LogP contribution is -2.22. The van der Waals surface area contributed by atoms with E-state index in [1.807, 2.05) is 13.8 Å². The second kappa shape index (κ2) is 12.4. The molecular formula is C20H34O3. The van der Waals surface area contributed by atoms with Gasteiger partial charge in [-0.15, -0.1) is 13.2 Å². The van der Waals surface area contributed by atoms with Gasteiger partial charge in [-0.25, -0.2) is 0 Å². The van der Waals surface area contributed by atoms with Crippen molar-refractivity contribution in [2.45, 2.75) is 89.8 Å². The van der Waals surface area contributed by atoms with Crippen molar-refractivity contribution in [2.75, 3.05) is 0 Å². The van der Waals surface area contributed by atoms with E-state index in [1.165, 1.54) is 38.2 Å². The van der Waals surface area contributed by atoms with Crippen molar-refractivity contribution in [1.29, 1.82) is 0 Å². The summed E-state index contributed by atoms with van der Waals surface area (Å²) in [6, 6.07) is 0. The SMILES string of the molecule is C=C.C=CC(O)C#CC[C@H]1OC(C)(C)OC1CCCCCCC. The summed E-state index contributed by atoms with van der Waals surface area (Å²) < 4.78 is 11.9. The molecule has 1 aliphatic heterocycles. The van der Waals surface area contributed by atoms with Crippen molar-refractivity contribution in [3.63, 3.8) is 0 Å². The van der Waals surface area contributed by atoms with Crippen molar-refractivity contribution in [2.24, 2.45) is 0 Å². The van der Waals surface area contributed by atoms with Gasteiger partial charge in [0.15, 0.2) is 5.79 Å². The van der Waals surface area contributed by atoms with Crippen LogP contribution >= 0.6 is 0 Å². The Labute approximate surface area is 142 Å². The Kier molecular flexibility index (Phi) is 11.8. The van der Waals surface area contributed by atoms with Crippen LogP contribution in [0, 0.1) is 11.8 Å². The maximum atomic E-state index is 9.36. The maximum Gasteiger partial charge on any atom is 0.163 e. The van der Waals surface area contributed by atoms with Gasteiger partial charge in [-0.05, 0) is 20.3 Å². The lowest BCUT2D eigenvalue weighted by Gasteiger charge is -2.16. The smallest absolute Gasteiger partial charge is 0.163 e. The average molecular weight is 322 g/mol. The standard InChI is InChI=1S/C18H30O3.C2H4/c1-5-7-8-9-10-13-16-17(21-18(3,4)20-16)14-11-12-15(19)6-2;1-2/h6,15-17,19H,2,5,7-10,13-14H2,1,3-4H3;1-2H2/t15?,16?,17-;/m1./s1. The normalized spacial score (nSPS) is 23.1. The molecule has 0 aliphatic carbocycles. The van der Waals surface area contributed by atoms with Crippen molar-refractivity contribution in [3.05, 3.63) is 25.8 Å². The van der Waals surface area contributed by atoms with Crippen LogP contribution in [0.15, 0.2) is 25.8 Å². The highest BCUT2D eigenvalue weighted by atomic mass is 16.7. The quantitative estimate of drug-likeness (QED) is 0.403. The van der Waals surface area contributed by atoms with Crippen LogP contribution in [0.3, 0.4) is 0 Å². The monoisotopic (exact) mass is 322 g/mol. The first-order chi connectivity index (χ1) is 11.0. The minimum atomic E-state index is -0.757. The van der Waals surface area contributed by atoms with Gasteiger partial charge < -0.3 is 14.6 Å². The van der Waals surface area contributed by atoms with E-state index in [-0.39, 0.29) is 12.2 Å². The topological polar surface area (TPSA) is 38.7 Å². The summed E-state index contributed by atoms with van der Waals surface area (Å²) in [6.45, 7) is 15.6. The van der Waals surface area contributed by atoms with E-state index in [0.717, 1.165) is 6.42 Å². The van der Waals surface area contributed by atoms with Crippen LogP contribution < -0.4 is 0 Å². The Hall–Kier alpha value is -1.08. The highest BCUT2D eigenvalue weighted by molar-refractivity contribution is 5.11. The molecule has 0 saturated carbocycles. The Morgan fingerprint density at radius 3 is 2.35 bits per heavy atom. The molecule has 1 N–H and O–H groups in total. The third kappa shape index (κ3) is 9.61. The zero-order valence-electron chi connectivity index (χ0n) is 15.1. The van der Waals surface area contributed by atoms with E-state index in [9.17, 15) is 5.11 Å². The largest absolute Gasteiger partial charge is 0.377 e. The lowest BCUT2D eigenvalue weighted by atomic mass is 10.0. The first kappa shape index (κ1) is 21.9. The minimum absolute atomic E-state index is 0.00399. The molecule has 1 heterocycles. The first-order valence-electron chi connectivity index (χ1n) is 8.63. The maximum absolute atomic E-state index is 9.36. The van der Waals surface area contributed by atoms with Gasteiger partial charge in [-0.2, -0.15) is 0 Å². The van der Waals surface area contributed by atoms with Crippen LogP contribution in [0.5, 0.6) is 0 Å². The van der Waals surface area contributed by atoms with Gasteiger partial charge in [-0.3, -0.25) is 0 Å². The molecule has 0 aromatic rings. The summed E-state index contributed by atoms with van der Waals surface area (Å²) in [5, 5.41) is 9.36. The Bertz CT molecular complexity index is 378. The molecule has 3 atom stereocenters.